The zero-order valence-electron chi connectivity index (χ0n) is 13.9. The first-order chi connectivity index (χ1) is 11.2. The summed E-state index contributed by atoms with van der Waals surface area (Å²) in [5, 5.41) is 3.24. The molecule has 1 aromatic rings. The highest BCUT2D eigenvalue weighted by atomic mass is 32.2. The molecule has 2 amide bonds. The van der Waals surface area contributed by atoms with E-state index in [4.69, 9.17) is 0 Å². The van der Waals surface area contributed by atoms with E-state index in [2.05, 4.69) is 47.5 Å². The molecule has 2 heterocycles. The number of hydrogen-bond donors (Lipinski definition) is 1. The summed E-state index contributed by atoms with van der Waals surface area (Å²) in [4.78, 5) is 16.8. The molecule has 0 spiro atoms. The van der Waals surface area contributed by atoms with Gasteiger partial charge in [-0.2, -0.15) is 11.8 Å². The van der Waals surface area contributed by atoms with Gasteiger partial charge in [0.05, 0.1) is 0 Å². The summed E-state index contributed by atoms with van der Waals surface area (Å²) in [5.41, 5.74) is 1.38. The molecule has 2 aliphatic heterocycles. The maximum absolute atomic E-state index is 12.3. The molecule has 0 unspecified atom stereocenters. The minimum absolute atomic E-state index is 0.139. The second kappa shape index (κ2) is 8.06. The molecule has 0 radical (unpaired) electrons. The summed E-state index contributed by atoms with van der Waals surface area (Å²) in [6.07, 6.45) is 2.09. The number of carbonyl (C=O) groups excluding carboxylic acids is 1. The highest BCUT2D eigenvalue weighted by molar-refractivity contribution is 7.99. The third-order valence-electron chi connectivity index (χ3n) is 4.99. The molecule has 23 heavy (non-hydrogen) atoms. The van der Waals surface area contributed by atoms with Crippen LogP contribution in [0.5, 0.6) is 0 Å². The summed E-state index contributed by atoms with van der Waals surface area (Å²) in [5.74, 6) is 2.14. The fraction of sp³-hybridized carbons (Fsp3) is 0.611. The quantitative estimate of drug-likeness (QED) is 0.924. The number of hydrogen-bond acceptors (Lipinski definition) is 3. The van der Waals surface area contributed by atoms with Crippen molar-refractivity contribution in [3.63, 3.8) is 0 Å². The summed E-state index contributed by atoms with van der Waals surface area (Å²) in [6.45, 7) is 6.16. The van der Waals surface area contributed by atoms with Crippen LogP contribution in [0, 0.1) is 0 Å². The maximum Gasteiger partial charge on any atom is 0.317 e. The predicted octanol–water partition coefficient (Wildman–Crippen LogP) is 2.97. The third-order valence-corrected chi connectivity index (χ3v) is 5.93. The second-order valence-electron chi connectivity index (χ2n) is 6.45. The summed E-state index contributed by atoms with van der Waals surface area (Å²) < 4.78 is 0. The van der Waals surface area contributed by atoms with Crippen molar-refractivity contribution >= 4 is 17.8 Å². The fourth-order valence-electron chi connectivity index (χ4n) is 3.41. The molecule has 4 nitrogen and oxygen atoms in total. The number of nitrogens with zero attached hydrogens (tertiary/aromatic N) is 2. The van der Waals surface area contributed by atoms with Crippen LogP contribution in [0.4, 0.5) is 4.79 Å². The number of piperidine rings is 1. The van der Waals surface area contributed by atoms with Gasteiger partial charge in [0.15, 0.2) is 0 Å². The summed E-state index contributed by atoms with van der Waals surface area (Å²) >= 11 is 1.94. The lowest BCUT2D eigenvalue weighted by Crippen LogP contribution is -2.51. The van der Waals surface area contributed by atoms with Crippen molar-refractivity contribution in [1.29, 1.82) is 0 Å². The normalized spacial score (nSPS) is 21.9. The Balaban J connectivity index is 1.45. The van der Waals surface area contributed by atoms with Gasteiger partial charge in [-0.1, -0.05) is 30.3 Å². The number of urea groups is 1. The topological polar surface area (TPSA) is 35.6 Å². The SMILES string of the molecule is C[C@@H](c1ccccc1)N1CCC(NC(=O)N2CCSCC2)CC1. The molecule has 2 fully saturated rings. The predicted molar refractivity (Wildman–Crippen MR) is 96.9 cm³/mol. The molecular formula is C18H27N3OS. The third kappa shape index (κ3) is 4.42. The molecule has 126 valence electrons. The van der Waals surface area contributed by atoms with Crippen molar-refractivity contribution in [2.24, 2.45) is 0 Å². The first kappa shape index (κ1) is 16.7. The van der Waals surface area contributed by atoms with Gasteiger partial charge in [-0.05, 0) is 25.3 Å². The van der Waals surface area contributed by atoms with E-state index in [-0.39, 0.29) is 6.03 Å². The van der Waals surface area contributed by atoms with Crippen LogP contribution in [0.3, 0.4) is 0 Å². The van der Waals surface area contributed by atoms with Gasteiger partial charge >= 0.3 is 6.03 Å². The molecule has 0 aromatic heterocycles. The Bertz CT molecular complexity index is 496. The van der Waals surface area contributed by atoms with Crippen molar-refractivity contribution in [2.45, 2.75) is 31.8 Å². The van der Waals surface area contributed by atoms with Crippen molar-refractivity contribution in [1.82, 2.24) is 15.1 Å². The first-order valence-electron chi connectivity index (χ1n) is 8.66. The standard InChI is InChI=1S/C18H27N3OS/c1-15(16-5-3-2-4-6-16)20-9-7-17(8-10-20)19-18(22)21-11-13-23-14-12-21/h2-6,15,17H,7-14H2,1H3,(H,19,22)/t15-/m0/s1. The Morgan fingerprint density at radius 3 is 2.43 bits per heavy atom. The maximum atomic E-state index is 12.3. The van der Waals surface area contributed by atoms with Gasteiger partial charge in [0.2, 0.25) is 0 Å². The molecule has 3 rings (SSSR count). The lowest BCUT2D eigenvalue weighted by atomic mass is 10.0. The van der Waals surface area contributed by atoms with Crippen LogP contribution in [0.25, 0.3) is 0 Å². The number of likely N-dealkylation sites (tertiary alicyclic amines) is 1. The molecule has 1 N–H and O–H groups in total. The van der Waals surface area contributed by atoms with Crippen molar-refractivity contribution < 1.29 is 4.79 Å². The van der Waals surface area contributed by atoms with E-state index in [1.165, 1.54) is 5.56 Å². The van der Waals surface area contributed by atoms with Gasteiger partial charge < -0.3 is 10.2 Å². The minimum atomic E-state index is 0.139. The molecule has 1 aromatic carbocycles. The average Bonchev–Trinajstić information content (AvgIpc) is 2.63. The highest BCUT2D eigenvalue weighted by Crippen LogP contribution is 2.24. The zero-order valence-corrected chi connectivity index (χ0v) is 14.7. The highest BCUT2D eigenvalue weighted by Gasteiger charge is 2.26. The molecule has 2 aliphatic rings. The molecule has 1 atom stereocenters. The van der Waals surface area contributed by atoms with Crippen molar-refractivity contribution in [2.75, 3.05) is 37.7 Å². The van der Waals surface area contributed by atoms with E-state index in [0.29, 0.717) is 12.1 Å². The van der Waals surface area contributed by atoms with E-state index < -0.39 is 0 Å². The fourth-order valence-corrected chi connectivity index (χ4v) is 4.31. The van der Waals surface area contributed by atoms with Gasteiger partial charge in [-0.15, -0.1) is 0 Å². The minimum Gasteiger partial charge on any atom is -0.335 e. The van der Waals surface area contributed by atoms with Gasteiger partial charge in [0.1, 0.15) is 0 Å². The van der Waals surface area contributed by atoms with Crippen molar-refractivity contribution in [3.8, 4) is 0 Å². The van der Waals surface area contributed by atoms with E-state index in [0.717, 1.165) is 50.5 Å². The van der Waals surface area contributed by atoms with Gasteiger partial charge in [-0.25, -0.2) is 4.79 Å². The number of benzene rings is 1. The van der Waals surface area contributed by atoms with Crippen LogP contribution < -0.4 is 5.32 Å². The van der Waals surface area contributed by atoms with Crippen LogP contribution in [0.1, 0.15) is 31.4 Å². The summed E-state index contributed by atoms with van der Waals surface area (Å²) in [6, 6.07) is 11.6. The van der Waals surface area contributed by atoms with Crippen LogP contribution in [0.2, 0.25) is 0 Å². The first-order valence-corrected chi connectivity index (χ1v) is 9.81. The monoisotopic (exact) mass is 333 g/mol. The van der Waals surface area contributed by atoms with E-state index >= 15 is 0 Å². The second-order valence-corrected chi connectivity index (χ2v) is 7.67. The number of nitrogens with one attached hydrogen (secondary N) is 1. The molecular weight excluding hydrogens is 306 g/mol. The average molecular weight is 334 g/mol. The zero-order chi connectivity index (χ0) is 16.1. The van der Waals surface area contributed by atoms with Gasteiger partial charge in [0, 0.05) is 49.8 Å². The van der Waals surface area contributed by atoms with Crippen LogP contribution in [-0.2, 0) is 0 Å². The van der Waals surface area contributed by atoms with Crippen LogP contribution >= 0.6 is 11.8 Å². The van der Waals surface area contributed by atoms with Crippen molar-refractivity contribution in [3.05, 3.63) is 35.9 Å². The molecule has 0 bridgehead atoms. The molecule has 0 saturated carbocycles. The van der Waals surface area contributed by atoms with Gasteiger partial charge in [-0.3, -0.25) is 4.90 Å². The molecule has 2 saturated heterocycles. The summed E-state index contributed by atoms with van der Waals surface area (Å²) in [7, 11) is 0. The number of carbonyl (C=O) groups is 1. The van der Waals surface area contributed by atoms with Crippen LogP contribution in [-0.4, -0.2) is 59.6 Å². The Morgan fingerprint density at radius 2 is 1.78 bits per heavy atom. The van der Waals surface area contributed by atoms with E-state index in [9.17, 15) is 4.79 Å². The number of thioether (sulfide) groups is 1. The van der Waals surface area contributed by atoms with Gasteiger partial charge in [0.25, 0.3) is 0 Å². The van der Waals surface area contributed by atoms with E-state index in [1.54, 1.807) is 0 Å². The number of amides is 2. The Hall–Kier alpha value is -1.20. The molecule has 0 aliphatic carbocycles. The lowest BCUT2D eigenvalue weighted by molar-refractivity contribution is 0.147. The molecule has 5 heteroatoms. The number of rotatable bonds is 3. The largest absolute Gasteiger partial charge is 0.335 e. The Morgan fingerprint density at radius 1 is 1.13 bits per heavy atom. The smallest absolute Gasteiger partial charge is 0.317 e. The van der Waals surface area contributed by atoms with E-state index in [1.807, 2.05) is 16.7 Å². The Kier molecular flexibility index (Phi) is 5.84. The lowest BCUT2D eigenvalue weighted by Gasteiger charge is -2.37. The Labute approximate surface area is 143 Å². The van der Waals surface area contributed by atoms with Crippen LogP contribution in [0.15, 0.2) is 30.3 Å².